The van der Waals surface area contributed by atoms with Crippen LogP contribution in [0.4, 0.5) is 10.5 Å². The second kappa shape index (κ2) is 6.50. The molecule has 0 bridgehead atoms. The summed E-state index contributed by atoms with van der Waals surface area (Å²) >= 11 is 3.35. The molecule has 0 aliphatic heterocycles. The number of hydrogen-bond acceptors (Lipinski definition) is 2. The van der Waals surface area contributed by atoms with Crippen LogP contribution < -0.4 is 10.6 Å². The minimum Gasteiger partial charge on any atom is -0.383 e. The van der Waals surface area contributed by atoms with Crippen molar-refractivity contribution in [3.63, 3.8) is 0 Å². The van der Waals surface area contributed by atoms with Crippen LogP contribution in [-0.4, -0.2) is 25.8 Å². The molecule has 0 aliphatic rings. The van der Waals surface area contributed by atoms with Crippen molar-refractivity contribution in [1.82, 2.24) is 5.32 Å². The third kappa shape index (κ3) is 4.20. The van der Waals surface area contributed by atoms with Gasteiger partial charge in [0.1, 0.15) is 0 Å². The molecule has 4 nitrogen and oxygen atoms in total. The van der Waals surface area contributed by atoms with Gasteiger partial charge in [0.2, 0.25) is 0 Å². The van der Waals surface area contributed by atoms with Crippen LogP contribution in [0.5, 0.6) is 0 Å². The van der Waals surface area contributed by atoms with E-state index in [1.165, 1.54) is 0 Å². The number of urea groups is 1. The van der Waals surface area contributed by atoms with E-state index < -0.39 is 0 Å². The van der Waals surface area contributed by atoms with Crippen LogP contribution in [0.3, 0.4) is 0 Å². The normalized spacial score (nSPS) is 11.9. The Kier molecular flexibility index (Phi) is 5.28. The van der Waals surface area contributed by atoms with Crippen molar-refractivity contribution in [2.75, 3.05) is 19.0 Å². The third-order valence-electron chi connectivity index (χ3n) is 1.92. The first-order valence-corrected chi connectivity index (χ1v) is 5.73. The van der Waals surface area contributed by atoms with Gasteiger partial charge < -0.3 is 15.4 Å². The second-order valence-corrected chi connectivity index (χ2v) is 4.29. The maximum absolute atomic E-state index is 11.6. The van der Waals surface area contributed by atoms with Crippen LogP contribution >= 0.6 is 15.9 Å². The standard InChI is InChI=1S/C11H15BrN2O2/c1-8(7-16-2)13-11(15)14-10-6-4-3-5-9(10)12/h3-6,8H,7H2,1-2H3,(H2,13,14,15)/t8-/m1/s1. The van der Waals surface area contributed by atoms with Crippen molar-refractivity contribution in [2.24, 2.45) is 0 Å². The highest BCUT2D eigenvalue weighted by molar-refractivity contribution is 9.10. The summed E-state index contributed by atoms with van der Waals surface area (Å²) < 4.78 is 5.78. The fraction of sp³-hybridized carbons (Fsp3) is 0.364. The number of anilines is 1. The Labute approximate surface area is 103 Å². The number of methoxy groups -OCH3 is 1. The molecule has 5 heteroatoms. The number of nitrogens with one attached hydrogen (secondary N) is 2. The van der Waals surface area contributed by atoms with Gasteiger partial charge in [-0.1, -0.05) is 12.1 Å². The second-order valence-electron chi connectivity index (χ2n) is 3.43. The van der Waals surface area contributed by atoms with Crippen LogP contribution in [0.15, 0.2) is 28.7 Å². The summed E-state index contributed by atoms with van der Waals surface area (Å²) in [5, 5.41) is 5.51. The number of carbonyl (C=O) groups is 1. The molecule has 0 saturated heterocycles. The Morgan fingerprint density at radius 3 is 2.81 bits per heavy atom. The Hall–Kier alpha value is -1.07. The van der Waals surface area contributed by atoms with Gasteiger partial charge in [-0.3, -0.25) is 0 Å². The predicted octanol–water partition coefficient (Wildman–Crippen LogP) is 2.61. The topological polar surface area (TPSA) is 50.4 Å². The minimum atomic E-state index is -0.239. The third-order valence-corrected chi connectivity index (χ3v) is 2.61. The van der Waals surface area contributed by atoms with Crippen molar-refractivity contribution in [1.29, 1.82) is 0 Å². The van der Waals surface area contributed by atoms with E-state index in [2.05, 4.69) is 26.6 Å². The van der Waals surface area contributed by atoms with Crippen LogP contribution in [-0.2, 0) is 4.74 Å². The molecule has 16 heavy (non-hydrogen) atoms. The number of ether oxygens (including phenoxy) is 1. The maximum Gasteiger partial charge on any atom is 0.319 e. The first-order valence-electron chi connectivity index (χ1n) is 4.94. The van der Waals surface area contributed by atoms with Gasteiger partial charge in [-0.05, 0) is 35.0 Å². The van der Waals surface area contributed by atoms with E-state index >= 15 is 0 Å². The minimum absolute atomic E-state index is 0.0208. The summed E-state index contributed by atoms with van der Waals surface area (Å²) in [6, 6.07) is 7.18. The fourth-order valence-corrected chi connectivity index (χ4v) is 1.62. The molecule has 1 rings (SSSR count). The van der Waals surface area contributed by atoms with E-state index in [-0.39, 0.29) is 12.1 Å². The lowest BCUT2D eigenvalue weighted by atomic mass is 10.3. The zero-order valence-corrected chi connectivity index (χ0v) is 10.9. The molecule has 2 N–H and O–H groups in total. The molecular weight excluding hydrogens is 272 g/mol. The molecule has 0 heterocycles. The zero-order chi connectivity index (χ0) is 12.0. The van der Waals surface area contributed by atoms with Gasteiger partial charge in [-0.2, -0.15) is 0 Å². The Balaban J connectivity index is 2.49. The van der Waals surface area contributed by atoms with Gasteiger partial charge in [0.15, 0.2) is 0 Å². The van der Waals surface area contributed by atoms with Crippen molar-refractivity contribution >= 4 is 27.6 Å². The highest BCUT2D eigenvalue weighted by atomic mass is 79.9. The number of amides is 2. The summed E-state index contributed by atoms with van der Waals surface area (Å²) in [6.07, 6.45) is 0. The monoisotopic (exact) mass is 286 g/mol. The average molecular weight is 287 g/mol. The van der Waals surface area contributed by atoms with Gasteiger partial charge in [0, 0.05) is 11.6 Å². The molecule has 0 fully saturated rings. The van der Waals surface area contributed by atoms with E-state index in [0.29, 0.717) is 6.61 Å². The fourth-order valence-electron chi connectivity index (χ4n) is 1.24. The molecule has 0 spiro atoms. The summed E-state index contributed by atoms with van der Waals surface area (Å²) in [5.41, 5.74) is 0.740. The molecule has 0 aliphatic carbocycles. The lowest BCUT2D eigenvalue weighted by Gasteiger charge is -2.14. The van der Waals surface area contributed by atoms with Crippen molar-refractivity contribution in [2.45, 2.75) is 13.0 Å². The van der Waals surface area contributed by atoms with Gasteiger partial charge in [-0.25, -0.2) is 4.79 Å². The number of hydrogen-bond donors (Lipinski definition) is 2. The van der Waals surface area contributed by atoms with E-state index in [0.717, 1.165) is 10.2 Å². The number of halogens is 1. The molecule has 0 aromatic heterocycles. The smallest absolute Gasteiger partial charge is 0.319 e. The number of carbonyl (C=O) groups excluding carboxylic acids is 1. The quantitative estimate of drug-likeness (QED) is 0.894. The van der Waals surface area contributed by atoms with E-state index in [4.69, 9.17) is 4.74 Å². The molecule has 0 radical (unpaired) electrons. The lowest BCUT2D eigenvalue weighted by molar-refractivity contribution is 0.173. The summed E-state index contributed by atoms with van der Waals surface area (Å²) in [5.74, 6) is 0. The Morgan fingerprint density at radius 1 is 1.50 bits per heavy atom. The highest BCUT2D eigenvalue weighted by Gasteiger charge is 2.07. The van der Waals surface area contributed by atoms with Crippen LogP contribution in [0.1, 0.15) is 6.92 Å². The van der Waals surface area contributed by atoms with E-state index in [1.807, 2.05) is 31.2 Å². The van der Waals surface area contributed by atoms with Crippen molar-refractivity contribution < 1.29 is 9.53 Å². The highest BCUT2D eigenvalue weighted by Crippen LogP contribution is 2.20. The molecule has 1 atom stereocenters. The van der Waals surface area contributed by atoms with Crippen molar-refractivity contribution in [3.05, 3.63) is 28.7 Å². The molecular formula is C11H15BrN2O2. The summed E-state index contributed by atoms with van der Waals surface area (Å²) in [7, 11) is 1.60. The average Bonchev–Trinajstić information content (AvgIpc) is 2.21. The van der Waals surface area contributed by atoms with E-state index in [1.54, 1.807) is 7.11 Å². The van der Waals surface area contributed by atoms with Gasteiger partial charge in [0.25, 0.3) is 0 Å². The van der Waals surface area contributed by atoms with Gasteiger partial charge in [0.05, 0.1) is 18.3 Å². The first-order chi connectivity index (χ1) is 7.63. The van der Waals surface area contributed by atoms with Crippen LogP contribution in [0, 0.1) is 0 Å². The molecule has 2 amide bonds. The van der Waals surface area contributed by atoms with Crippen LogP contribution in [0.25, 0.3) is 0 Å². The van der Waals surface area contributed by atoms with E-state index in [9.17, 15) is 4.79 Å². The summed E-state index contributed by atoms with van der Waals surface area (Å²) in [4.78, 5) is 11.6. The largest absolute Gasteiger partial charge is 0.383 e. The Bertz CT molecular complexity index is 358. The molecule has 0 unspecified atom stereocenters. The van der Waals surface area contributed by atoms with Crippen LogP contribution in [0.2, 0.25) is 0 Å². The van der Waals surface area contributed by atoms with Crippen molar-refractivity contribution in [3.8, 4) is 0 Å². The molecule has 0 saturated carbocycles. The maximum atomic E-state index is 11.6. The Morgan fingerprint density at radius 2 is 2.19 bits per heavy atom. The first kappa shape index (κ1) is 13.0. The molecule has 1 aromatic rings. The molecule has 88 valence electrons. The predicted molar refractivity (Wildman–Crippen MR) is 67.6 cm³/mol. The molecule has 1 aromatic carbocycles. The number of rotatable bonds is 4. The lowest BCUT2D eigenvalue weighted by Crippen LogP contribution is -2.38. The zero-order valence-electron chi connectivity index (χ0n) is 9.29. The van der Waals surface area contributed by atoms with Gasteiger partial charge in [-0.15, -0.1) is 0 Å². The summed E-state index contributed by atoms with van der Waals surface area (Å²) in [6.45, 7) is 2.37. The number of benzene rings is 1. The SMILES string of the molecule is COC[C@@H](C)NC(=O)Nc1ccccc1Br. The number of para-hydroxylation sites is 1. The van der Waals surface area contributed by atoms with Gasteiger partial charge >= 0.3 is 6.03 Å².